The highest BCUT2D eigenvalue weighted by molar-refractivity contribution is 6.34. The van der Waals surface area contributed by atoms with E-state index in [9.17, 15) is 0 Å². The predicted molar refractivity (Wildman–Crippen MR) is 128 cm³/mol. The number of rotatable bonds is 1. The van der Waals surface area contributed by atoms with Gasteiger partial charge in [0.25, 0.3) is 0 Å². The molecule has 2 aromatic heterocycles. The Balaban J connectivity index is 1.81. The van der Waals surface area contributed by atoms with Crippen molar-refractivity contribution in [2.24, 2.45) is 0 Å². The first-order valence-electron chi connectivity index (χ1n) is 10.3. The molecule has 1 N–H and O–H groups in total. The fraction of sp³-hybridized carbons (Fsp3) is 0. The van der Waals surface area contributed by atoms with Crippen LogP contribution in [0.15, 0.2) is 103 Å². The Bertz CT molecular complexity index is 1730. The molecule has 0 aliphatic heterocycles. The Kier molecular flexibility index (Phi) is 3.03. The van der Waals surface area contributed by atoms with Crippen molar-refractivity contribution < 1.29 is 0 Å². The Morgan fingerprint density at radius 1 is 0.533 bits per heavy atom. The van der Waals surface area contributed by atoms with E-state index in [4.69, 9.17) is 0 Å². The quantitative estimate of drug-likeness (QED) is 0.302. The van der Waals surface area contributed by atoms with Crippen LogP contribution in [-0.4, -0.2) is 9.55 Å². The van der Waals surface area contributed by atoms with E-state index >= 15 is 0 Å². The third-order valence-electron chi connectivity index (χ3n) is 6.33. The first-order valence-corrected chi connectivity index (χ1v) is 10.3. The minimum atomic E-state index is 1.17. The second kappa shape index (κ2) is 5.74. The van der Waals surface area contributed by atoms with E-state index in [0.717, 1.165) is 0 Å². The second-order valence-corrected chi connectivity index (χ2v) is 7.91. The lowest BCUT2D eigenvalue weighted by atomic mass is 9.97. The topological polar surface area (TPSA) is 20.7 Å². The molecule has 2 heteroatoms. The van der Waals surface area contributed by atoms with Gasteiger partial charge < -0.3 is 9.55 Å². The average Bonchev–Trinajstić information content (AvgIpc) is 3.42. The van der Waals surface area contributed by atoms with Crippen LogP contribution >= 0.6 is 0 Å². The van der Waals surface area contributed by atoms with Crippen molar-refractivity contribution in [3.63, 3.8) is 0 Å². The zero-order valence-electron chi connectivity index (χ0n) is 16.3. The van der Waals surface area contributed by atoms with E-state index in [1.54, 1.807) is 0 Å². The van der Waals surface area contributed by atoms with Gasteiger partial charge in [0.2, 0.25) is 0 Å². The molecule has 0 radical (unpaired) electrons. The molecule has 0 aliphatic carbocycles. The molecule has 0 bridgehead atoms. The highest BCUT2D eigenvalue weighted by Gasteiger charge is 2.18. The SMILES string of the molecule is c1ccc(-n2ccc3c4ccccc4c4c([nH]c5ccc6ccccc6c54)c32)cc1. The Labute approximate surface area is 173 Å². The number of para-hydroxylation sites is 1. The highest BCUT2D eigenvalue weighted by Crippen LogP contribution is 2.42. The molecule has 0 aliphatic rings. The van der Waals surface area contributed by atoms with Crippen molar-refractivity contribution in [3.8, 4) is 5.69 Å². The van der Waals surface area contributed by atoms with Crippen molar-refractivity contribution in [1.29, 1.82) is 0 Å². The molecule has 7 rings (SSSR count). The van der Waals surface area contributed by atoms with Crippen molar-refractivity contribution in [1.82, 2.24) is 9.55 Å². The lowest BCUT2D eigenvalue weighted by Gasteiger charge is -2.09. The molecule has 0 spiro atoms. The molecule has 5 aromatic carbocycles. The number of H-pyrrole nitrogens is 1. The van der Waals surface area contributed by atoms with Crippen molar-refractivity contribution >= 4 is 54.3 Å². The number of nitrogens with one attached hydrogen (secondary N) is 1. The monoisotopic (exact) mass is 382 g/mol. The van der Waals surface area contributed by atoms with E-state index in [2.05, 4.69) is 113 Å². The van der Waals surface area contributed by atoms with Crippen LogP contribution in [0.2, 0.25) is 0 Å². The maximum absolute atomic E-state index is 3.78. The largest absolute Gasteiger partial charge is 0.353 e. The number of fused-ring (bicyclic) bond motifs is 10. The van der Waals surface area contributed by atoms with Gasteiger partial charge in [0, 0.05) is 33.6 Å². The third kappa shape index (κ3) is 1.98. The molecular weight excluding hydrogens is 364 g/mol. The van der Waals surface area contributed by atoms with Crippen LogP contribution in [0, 0.1) is 0 Å². The summed E-state index contributed by atoms with van der Waals surface area (Å²) in [4.78, 5) is 3.78. The first-order chi connectivity index (χ1) is 14.9. The molecule has 30 heavy (non-hydrogen) atoms. The van der Waals surface area contributed by atoms with E-state index in [1.165, 1.54) is 59.9 Å². The van der Waals surface area contributed by atoms with Crippen LogP contribution in [0.25, 0.3) is 59.9 Å². The van der Waals surface area contributed by atoms with Crippen LogP contribution < -0.4 is 0 Å². The zero-order valence-corrected chi connectivity index (χ0v) is 16.3. The van der Waals surface area contributed by atoms with Gasteiger partial charge in [-0.3, -0.25) is 0 Å². The van der Waals surface area contributed by atoms with Crippen molar-refractivity contribution in [2.75, 3.05) is 0 Å². The molecule has 0 amide bonds. The summed E-state index contributed by atoms with van der Waals surface area (Å²) in [7, 11) is 0. The standard InChI is InChI=1S/C28H18N2/c1-2-9-19(10-3-1)30-17-16-23-21-12-6-7-13-22(21)26-25-20-11-5-4-8-18(20)14-15-24(25)29-27(26)28(23)30/h1-17,29H. The summed E-state index contributed by atoms with van der Waals surface area (Å²) in [5, 5.41) is 9.05. The molecule has 140 valence electrons. The Morgan fingerprint density at radius 2 is 1.27 bits per heavy atom. The second-order valence-electron chi connectivity index (χ2n) is 7.91. The average molecular weight is 382 g/mol. The van der Waals surface area contributed by atoms with E-state index < -0.39 is 0 Å². The number of hydrogen-bond donors (Lipinski definition) is 1. The minimum Gasteiger partial charge on any atom is -0.353 e. The summed E-state index contributed by atoms with van der Waals surface area (Å²) < 4.78 is 2.31. The normalized spacial score (nSPS) is 12.0. The van der Waals surface area contributed by atoms with Gasteiger partial charge in [-0.05, 0) is 45.8 Å². The van der Waals surface area contributed by atoms with E-state index in [0.29, 0.717) is 0 Å². The molecule has 0 saturated heterocycles. The fourth-order valence-electron chi connectivity index (χ4n) is 5.06. The van der Waals surface area contributed by atoms with Crippen molar-refractivity contribution in [3.05, 3.63) is 103 Å². The summed E-state index contributed by atoms with van der Waals surface area (Å²) in [6.07, 6.45) is 2.19. The lowest BCUT2D eigenvalue weighted by Crippen LogP contribution is -1.92. The van der Waals surface area contributed by atoms with Gasteiger partial charge in [-0.25, -0.2) is 0 Å². The molecule has 7 aromatic rings. The highest BCUT2D eigenvalue weighted by atomic mass is 15.0. The van der Waals surface area contributed by atoms with Crippen LogP contribution in [-0.2, 0) is 0 Å². The molecule has 0 saturated carbocycles. The molecule has 0 fully saturated rings. The maximum atomic E-state index is 3.78. The van der Waals surface area contributed by atoms with Gasteiger partial charge in [0.05, 0.1) is 11.0 Å². The van der Waals surface area contributed by atoms with Crippen molar-refractivity contribution in [2.45, 2.75) is 0 Å². The number of benzene rings is 5. The smallest absolute Gasteiger partial charge is 0.0778 e. The third-order valence-corrected chi connectivity index (χ3v) is 6.33. The molecule has 0 atom stereocenters. The summed E-state index contributed by atoms with van der Waals surface area (Å²) in [6, 6.07) is 34.7. The van der Waals surface area contributed by atoms with Gasteiger partial charge in [-0.15, -0.1) is 0 Å². The lowest BCUT2D eigenvalue weighted by molar-refractivity contribution is 1.13. The summed E-state index contributed by atoms with van der Waals surface area (Å²) in [6.45, 7) is 0. The van der Waals surface area contributed by atoms with Gasteiger partial charge in [0.15, 0.2) is 0 Å². The summed E-state index contributed by atoms with van der Waals surface area (Å²) in [5.74, 6) is 0. The van der Waals surface area contributed by atoms with Gasteiger partial charge >= 0.3 is 0 Å². The molecule has 2 heterocycles. The van der Waals surface area contributed by atoms with Crippen LogP contribution in [0.4, 0.5) is 0 Å². The summed E-state index contributed by atoms with van der Waals surface area (Å²) in [5.41, 5.74) is 4.79. The number of hydrogen-bond acceptors (Lipinski definition) is 0. The van der Waals surface area contributed by atoms with Gasteiger partial charge in [0.1, 0.15) is 0 Å². The maximum Gasteiger partial charge on any atom is 0.0778 e. The van der Waals surface area contributed by atoms with Gasteiger partial charge in [-0.1, -0.05) is 72.8 Å². The number of aromatic nitrogens is 2. The number of aromatic amines is 1. The molecule has 2 nitrogen and oxygen atoms in total. The van der Waals surface area contributed by atoms with Crippen LogP contribution in [0.5, 0.6) is 0 Å². The fourth-order valence-corrected chi connectivity index (χ4v) is 5.06. The minimum absolute atomic E-state index is 1.17. The van der Waals surface area contributed by atoms with Crippen LogP contribution in [0.3, 0.4) is 0 Å². The number of nitrogens with zero attached hydrogens (tertiary/aromatic N) is 1. The Hall–Kier alpha value is -4.04. The zero-order chi connectivity index (χ0) is 19.7. The summed E-state index contributed by atoms with van der Waals surface area (Å²) >= 11 is 0. The molecule has 0 unspecified atom stereocenters. The first kappa shape index (κ1) is 15.8. The predicted octanol–water partition coefficient (Wildman–Crippen LogP) is 7.57. The molecular formula is C28H18N2. The van der Waals surface area contributed by atoms with E-state index in [-0.39, 0.29) is 0 Å². The van der Waals surface area contributed by atoms with Gasteiger partial charge in [-0.2, -0.15) is 0 Å². The Morgan fingerprint density at radius 3 is 2.13 bits per heavy atom. The van der Waals surface area contributed by atoms with E-state index in [1.807, 2.05) is 0 Å². The van der Waals surface area contributed by atoms with Crippen LogP contribution in [0.1, 0.15) is 0 Å².